The van der Waals surface area contributed by atoms with Crippen LogP contribution in [-0.4, -0.2) is 32.4 Å². The monoisotopic (exact) mass is 250 g/mol. The molecule has 0 aliphatic heterocycles. The first-order valence-electron chi connectivity index (χ1n) is 5.23. The number of nitrogens with zero attached hydrogens (tertiary/aromatic N) is 1. The second kappa shape index (κ2) is 6.82. The van der Waals surface area contributed by atoms with E-state index in [0.29, 0.717) is 6.54 Å². The standard InChI is InChI=1S/C13H15ClN2O/c1-16(2)12-8-4-3-6-11(12)7-5-9-15-13(17)10-14/h3-4,6,8H,9-10H2,1-2H3,(H,15,17). The molecule has 0 radical (unpaired) electrons. The third-order valence-electron chi connectivity index (χ3n) is 2.10. The molecule has 1 rings (SSSR count). The molecule has 0 heterocycles. The number of rotatable bonds is 3. The molecule has 1 amide bonds. The van der Waals surface area contributed by atoms with Crippen molar-refractivity contribution < 1.29 is 4.79 Å². The third-order valence-corrected chi connectivity index (χ3v) is 2.35. The number of alkyl halides is 1. The zero-order valence-electron chi connectivity index (χ0n) is 9.96. The van der Waals surface area contributed by atoms with E-state index in [4.69, 9.17) is 11.6 Å². The van der Waals surface area contributed by atoms with Gasteiger partial charge in [-0.05, 0) is 12.1 Å². The van der Waals surface area contributed by atoms with Gasteiger partial charge < -0.3 is 10.2 Å². The molecule has 17 heavy (non-hydrogen) atoms. The van der Waals surface area contributed by atoms with Crippen molar-refractivity contribution in [1.29, 1.82) is 0 Å². The Morgan fingerprint density at radius 3 is 2.76 bits per heavy atom. The van der Waals surface area contributed by atoms with Crippen molar-refractivity contribution in [3.8, 4) is 11.8 Å². The molecular formula is C13H15ClN2O. The summed E-state index contributed by atoms with van der Waals surface area (Å²) in [6.45, 7) is 0.313. The summed E-state index contributed by atoms with van der Waals surface area (Å²) in [5.74, 6) is 5.68. The molecular weight excluding hydrogens is 236 g/mol. The Balaban J connectivity index is 2.68. The highest BCUT2D eigenvalue weighted by molar-refractivity contribution is 6.27. The highest BCUT2D eigenvalue weighted by Gasteiger charge is 1.99. The van der Waals surface area contributed by atoms with Gasteiger partial charge in [-0.15, -0.1) is 11.6 Å². The molecule has 1 N–H and O–H groups in total. The van der Waals surface area contributed by atoms with Gasteiger partial charge in [0.15, 0.2) is 0 Å². The Labute approximate surface area is 107 Å². The number of nitrogens with one attached hydrogen (secondary N) is 1. The molecule has 0 atom stereocenters. The molecule has 1 aromatic carbocycles. The summed E-state index contributed by atoms with van der Waals surface area (Å²) in [6, 6.07) is 7.86. The molecule has 3 nitrogen and oxygen atoms in total. The minimum absolute atomic E-state index is 0.0318. The lowest BCUT2D eigenvalue weighted by Gasteiger charge is -2.13. The van der Waals surface area contributed by atoms with Crippen LogP contribution in [0, 0.1) is 11.8 Å². The zero-order valence-corrected chi connectivity index (χ0v) is 10.7. The number of para-hydroxylation sites is 1. The van der Waals surface area contributed by atoms with E-state index >= 15 is 0 Å². The van der Waals surface area contributed by atoms with Crippen LogP contribution < -0.4 is 10.2 Å². The average molecular weight is 251 g/mol. The molecule has 90 valence electrons. The quantitative estimate of drug-likeness (QED) is 0.651. The minimum Gasteiger partial charge on any atom is -0.377 e. The molecule has 0 aromatic heterocycles. The Hall–Kier alpha value is -1.66. The van der Waals surface area contributed by atoms with Gasteiger partial charge in [0.2, 0.25) is 5.91 Å². The molecule has 1 aromatic rings. The first-order valence-corrected chi connectivity index (χ1v) is 5.76. The van der Waals surface area contributed by atoms with Crippen molar-refractivity contribution in [2.75, 3.05) is 31.4 Å². The molecule has 0 unspecified atom stereocenters. The minimum atomic E-state index is -0.207. The molecule has 0 saturated carbocycles. The van der Waals surface area contributed by atoms with Crippen molar-refractivity contribution >= 4 is 23.2 Å². The van der Waals surface area contributed by atoms with Gasteiger partial charge in [0.25, 0.3) is 0 Å². The molecule has 0 bridgehead atoms. The smallest absolute Gasteiger partial charge is 0.235 e. The van der Waals surface area contributed by atoms with Crippen LogP contribution in [0.4, 0.5) is 5.69 Å². The summed E-state index contributed by atoms with van der Waals surface area (Å²) < 4.78 is 0. The van der Waals surface area contributed by atoms with Crippen LogP contribution in [0.5, 0.6) is 0 Å². The fraction of sp³-hybridized carbons (Fsp3) is 0.308. The summed E-state index contributed by atoms with van der Waals surface area (Å²) in [7, 11) is 3.94. The lowest BCUT2D eigenvalue weighted by molar-refractivity contribution is -0.118. The van der Waals surface area contributed by atoms with E-state index in [9.17, 15) is 4.79 Å². The number of carbonyl (C=O) groups is 1. The van der Waals surface area contributed by atoms with E-state index in [2.05, 4.69) is 17.2 Å². The number of amides is 1. The van der Waals surface area contributed by atoms with Crippen LogP contribution in [0.3, 0.4) is 0 Å². The van der Waals surface area contributed by atoms with E-state index < -0.39 is 0 Å². The van der Waals surface area contributed by atoms with Crippen LogP contribution in [0.15, 0.2) is 24.3 Å². The fourth-order valence-corrected chi connectivity index (χ4v) is 1.39. The van der Waals surface area contributed by atoms with Crippen molar-refractivity contribution in [3.63, 3.8) is 0 Å². The predicted molar refractivity (Wildman–Crippen MR) is 71.4 cm³/mol. The Bertz CT molecular complexity index is 446. The maximum absolute atomic E-state index is 10.9. The van der Waals surface area contributed by atoms with Crippen molar-refractivity contribution in [1.82, 2.24) is 5.32 Å². The van der Waals surface area contributed by atoms with E-state index in [0.717, 1.165) is 11.3 Å². The number of hydrogen-bond acceptors (Lipinski definition) is 2. The van der Waals surface area contributed by atoms with Gasteiger partial charge >= 0.3 is 0 Å². The molecule has 0 aliphatic carbocycles. The van der Waals surface area contributed by atoms with Gasteiger partial charge in [-0.2, -0.15) is 0 Å². The SMILES string of the molecule is CN(C)c1ccccc1C#CCNC(=O)CCl. The predicted octanol–water partition coefficient (Wildman–Crippen LogP) is 1.46. The van der Waals surface area contributed by atoms with Crippen molar-refractivity contribution in [2.24, 2.45) is 0 Å². The molecule has 4 heteroatoms. The second-order valence-corrected chi connectivity index (χ2v) is 3.89. The second-order valence-electron chi connectivity index (χ2n) is 3.62. The van der Waals surface area contributed by atoms with E-state index in [-0.39, 0.29) is 11.8 Å². The molecule has 0 saturated heterocycles. The summed E-state index contributed by atoms with van der Waals surface area (Å²) in [5.41, 5.74) is 2.00. The number of hydrogen-bond donors (Lipinski definition) is 1. The van der Waals surface area contributed by atoms with Gasteiger partial charge in [0.05, 0.1) is 12.2 Å². The van der Waals surface area contributed by atoms with Gasteiger partial charge in [0, 0.05) is 19.7 Å². The zero-order chi connectivity index (χ0) is 12.7. The molecule has 0 fully saturated rings. The normalized spacial score (nSPS) is 9.12. The number of benzene rings is 1. The Kier molecular flexibility index (Phi) is 5.38. The number of carbonyl (C=O) groups excluding carboxylic acids is 1. The van der Waals surface area contributed by atoms with E-state index in [1.165, 1.54) is 0 Å². The van der Waals surface area contributed by atoms with Gasteiger partial charge in [-0.1, -0.05) is 24.0 Å². The first kappa shape index (κ1) is 13.4. The third kappa shape index (κ3) is 4.38. The highest BCUT2D eigenvalue weighted by atomic mass is 35.5. The maximum Gasteiger partial charge on any atom is 0.235 e. The van der Waals surface area contributed by atoms with Gasteiger partial charge in [0.1, 0.15) is 5.88 Å². The largest absolute Gasteiger partial charge is 0.377 e. The maximum atomic E-state index is 10.9. The van der Waals surface area contributed by atoms with Crippen LogP contribution in [0.2, 0.25) is 0 Å². The van der Waals surface area contributed by atoms with Gasteiger partial charge in [-0.3, -0.25) is 4.79 Å². The summed E-state index contributed by atoms with van der Waals surface area (Å²) in [4.78, 5) is 12.9. The first-order chi connectivity index (χ1) is 8.15. The highest BCUT2D eigenvalue weighted by Crippen LogP contribution is 2.16. The summed E-state index contributed by atoms with van der Waals surface area (Å²) in [6.07, 6.45) is 0. The van der Waals surface area contributed by atoms with Crippen molar-refractivity contribution in [3.05, 3.63) is 29.8 Å². The average Bonchev–Trinajstić information content (AvgIpc) is 2.34. The number of halogens is 1. The van der Waals surface area contributed by atoms with E-state index in [1.807, 2.05) is 43.3 Å². The molecule has 0 aliphatic rings. The van der Waals surface area contributed by atoms with Crippen LogP contribution in [0.25, 0.3) is 0 Å². The van der Waals surface area contributed by atoms with Crippen molar-refractivity contribution in [2.45, 2.75) is 0 Å². The topological polar surface area (TPSA) is 32.3 Å². The fourth-order valence-electron chi connectivity index (χ4n) is 1.30. The lowest BCUT2D eigenvalue weighted by Crippen LogP contribution is -2.24. The van der Waals surface area contributed by atoms with Crippen LogP contribution >= 0.6 is 11.6 Å². The Morgan fingerprint density at radius 1 is 1.41 bits per heavy atom. The van der Waals surface area contributed by atoms with Crippen LogP contribution in [0.1, 0.15) is 5.56 Å². The summed E-state index contributed by atoms with van der Waals surface area (Å²) in [5, 5.41) is 2.59. The van der Waals surface area contributed by atoms with Gasteiger partial charge in [-0.25, -0.2) is 0 Å². The van der Waals surface area contributed by atoms with E-state index in [1.54, 1.807) is 0 Å². The molecule has 0 spiro atoms. The number of anilines is 1. The Morgan fingerprint density at radius 2 is 2.12 bits per heavy atom. The summed E-state index contributed by atoms with van der Waals surface area (Å²) >= 11 is 5.35. The van der Waals surface area contributed by atoms with Crippen LogP contribution in [-0.2, 0) is 4.79 Å². The lowest BCUT2D eigenvalue weighted by atomic mass is 10.1.